The topological polar surface area (TPSA) is 47.4 Å². The number of likely N-dealkylation sites (tertiary alicyclic amines) is 1. The summed E-state index contributed by atoms with van der Waals surface area (Å²) >= 11 is 0. The molecule has 1 aromatic heterocycles. The molecule has 32 heavy (non-hydrogen) atoms. The zero-order chi connectivity index (χ0) is 23.0. The van der Waals surface area contributed by atoms with Crippen LogP contribution in [0.3, 0.4) is 0 Å². The van der Waals surface area contributed by atoms with Crippen LogP contribution < -0.4 is 0 Å². The number of benzene rings is 1. The van der Waals surface area contributed by atoms with Crippen LogP contribution >= 0.6 is 0 Å². The van der Waals surface area contributed by atoms with Gasteiger partial charge in [-0.15, -0.1) is 0 Å². The number of alkyl halides is 6. The summed E-state index contributed by atoms with van der Waals surface area (Å²) < 4.78 is 94.8. The monoisotopic (exact) mass is 463 g/mol. The van der Waals surface area contributed by atoms with Gasteiger partial charge in [-0.3, -0.25) is 0 Å². The average molecular weight is 463 g/mol. The van der Waals surface area contributed by atoms with Crippen molar-refractivity contribution >= 4 is 6.09 Å². The highest BCUT2D eigenvalue weighted by Gasteiger charge is 2.62. The summed E-state index contributed by atoms with van der Waals surface area (Å²) in [6, 6.07) is 6.37. The van der Waals surface area contributed by atoms with E-state index in [0.717, 1.165) is 27.5 Å². The minimum absolute atomic E-state index is 0.000588. The lowest BCUT2D eigenvalue weighted by Gasteiger charge is -2.26. The van der Waals surface area contributed by atoms with Gasteiger partial charge in [0.1, 0.15) is 5.82 Å². The fraction of sp³-hybridized carbons (Fsp3) is 0.500. The summed E-state index contributed by atoms with van der Waals surface area (Å²) in [5.74, 6) is -0.589. The largest absolute Gasteiger partial charge is 0.434 e. The first-order valence-electron chi connectivity index (χ1n) is 9.90. The van der Waals surface area contributed by atoms with E-state index in [0.29, 0.717) is 12.8 Å². The molecule has 1 amide bonds. The fourth-order valence-corrected chi connectivity index (χ4v) is 4.82. The van der Waals surface area contributed by atoms with Crippen molar-refractivity contribution in [3.63, 3.8) is 0 Å². The number of halogens is 7. The van der Waals surface area contributed by atoms with E-state index in [1.807, 2.05) is 6.07 Å². The molecule has 2 aromatic rings. The molecule has 0 bridgehead atoms. The number of piperidine rings is 1. The van der Waals surface area contributed by atoms with Crippen molar-refractivity contribution in [2.45, 2.75) is 37.2 Å². The number of ether oxygens (including phenoxy) is 1. The van der Waals surface area contributed by atoms with Crippen molar-refractivity contribution in [1.29, 1.82) is 0 Å². The van der Waals surface area contributed by atoms with Gasteiger partial charge in [-0.2, -0.15) is 31.4 Å². The molecule has 3 heterocycles. The van der Waals surface area contributed by atoms with Crippen molar-refractivity contribution in [3.8, 4) is 5.69 Å². The molecular formula is C20H16F7N3O2. The molecule has 2 aliphatic heterocycles. The van der Waals surface area contributed by atoms with Crippen LogP contribution in [0.15, 0.2) is 24.3 Å². The highest BCUT2D eigenvalue weighted by atomic mass is 19.4. The van der Waals surface area contributed by atoms with Crippen molar-refractivity contribution in [1.82, 2.24) is 14.7 Å². The number of aromatic nitrogens is 2. The Hall–Kier alpha value is -2.79. The van der Waals surface area contributed by atoms with Gasteiger partial charge in [0, 0.05) is 24.7 Å². The predicted octanol–water partition coefficient (Wildman–Crippen LogP) is 4.39. The molecule has 3 aliphatic rings. The van der Waals surface area contributed by atoms with Gasteiger partial charge in [-0.25, -0.2) is 13.9 Å². The van der Waals surface area contributed by atoms with Crippen molar-refractivity contribution in [2.75, 3.05) is 13.1 Å². The normalized spacial score (nSPS) is 24.2. The van der Waals surface area contributed by atoms with Crippen LogP contribution in [0, 0.1) is 17.7 Å². The van der Waals surface area contributed by atoms with E-state index in [-0.39, 0.29) is 36.7 Å². The van der Waals surface area contributed by atoms with Crippen LogP contribution in [0.2, 0.25) is 0 Å². The quantitative estimate of drug-likeness (QED) is 0.621. The Labute approximate surface area is 176 Å². The van der Waals surface area contributed by atoms with Gasteiger partial charge in [-0.1, -0.05) is 0 Å². The van der Waals surface area contributed by atoms with Gasteiger partial charge >= 0.3 is 18.4 Å². The molecule has 0 radical (unpaired) electrons. The van der Waals surface area contributed by atoms with E-state index in [1.54, 1.807) is 10.7 Å². The zero-order valence-corrected chi connectivity index (χ0v) is 16.3. The van der Waals surface area contributed by atoms with Crippen molar-refractivity contribution in [3.05, 3.63) is 47.0 Å². The van der Waals surface area contributed by atoms with Crippen LogP contribution in [0.5, 0.6) is 0 Å². The van der Waals surface area contributed by atoms with E-state index in [4.69, 9.17) is 0 Å². The Balaban J connectivity index is 1.26. The highest BCUT2D eigenvalue weighted by molar-refractivity contribution is 5.69. The molecule has 1 aliphatic carbocycles. The van der Waals surface area contributed by atoms with Crippen molar-refractivity contribution < 1.29 is 40.3 Å². The third-order valence-corrected chi connectivity index (χ3v) is 6.33. The number of nitrogens with zero attached hydrogens (tertiary/aromatic N) is 3. The molecule has 1 aromatic carbocycles. The summed E-state index contributed by atoms with van der Waals surface area (Å²) in [6.45, 7) is 0.00118. The minimum Gasteiger partial charge on any atom is -0.426 e. The Morgan fingerprint density at radius 3 is 2.31 bits per heavy atom. The molecule has 5 nitrogen and oxygen atoms in total. The third kappa shape index (κ3) is 3.49. The molecule has 1 saturated carbocycles. The van der Waals surface area contributed by atoms with Crippen molar-refractivity contribution in [2.24, 2.45) is 11.8 Å². The van der Waals surface area contributed by atoms with E-state index >= 15 is 0 Å². The predicted molar refractivity (Wildman–Crippen MR) is 94.6 cm³/mol. The number of aryl methyl sites for hydroxylation is 2. The van der Waals surface area contributed by atoms with Crippen LogP contribution in [0.4, 0.5) is 35.5 Å². The average Bonchev–Trinajstić information content (AvgIpc) is 3.04. The molecule has 2 fully saturated rings. The number of rotatable bonds is 2. The number of amides is 1. The molecule has 2 unspecified atom stereocenters. The Morgan fingerprint density at radius 1 is 1.03 bits per heavy atom. The smallest absolute Gasteiger partial charge is 0.426 e. The first-order valence-corrected chi connectivity index (χ1v) is 9.90. The van der Waals surface area contributed by atoms with Crippen LogP contribution in [0.1, 0.15) is 22.9 Å². The van der Waals surface area contributed by atoms with Gasteiger partial charge in [0.2, 0.25) is 0 Å². The number of fused-ring (bicyclic) bond motifs is 4. The second-order valence-electron chi connectivity index (χ2n) is 8.35. The molecule has 172 valence electrons. The third-order valence-electron chi connectivity index (χ3n) is 6.33. The number of carbonyl (C=O) groups excluding carboxylic acids is 1. The van der Waals surface area contributed by atoms with Crippen LogP contribution in [-0.4, -0.2) is 52.3 Å². The van der Waals surface area contributed by atoms with Gasteiger partial charge < -0.3 is 9.64 Å². The van der Waals surface area contributed by atoms with E-state index in [9.17, 15) is 35.5 Å². The number of hydrogen-bond donors (Lipinski definition) is 0. The summed E-state index contributed by atoms with van der Waals surface area (Å²) in [4.78, 5) is 12.8. The fourth-order valence-electron chi connectivity index (χ4n) is 4.82. The maximum absolute atomic E-state index is 13.5. The number of carbonyl (C=O) groups is 1. The van der Waals surface area contributed by atoms with Gasteiger partial charge in [0.05, 0.1) is 11.4 Å². The SMILES string of the molecule is O=C(OC(C(F)(F)F)C(F)(F)F)N1CC2C(C1)C2c1cc2n(n1)-c1ccc(F)cc1CC2. The second-order valence-corrected chi connectivity index (χ2v) is 8.35. The summed E-state index contributed by atoms with van der Waals surface area (Å²) in [7, 11) is 0. The standard InChI is InChI=1S/C20H16F7N3O2/c21-10-2-4-15-9(5-10)1-3-11-6-14(28-30(11)15)16-12-7-29(8-13(12)16)18(31)32-17(19(22,23)24)20(25,26)27/h2,4-6,12-13,16-17H,1,3,7-8H2. The molecule has 5 rings (SSSR count). The zero-order valence-electron chi connectivity index (χ0n) is 16.3. The number of hydrogen-bond acceptors (Lipinski definition) is 3. The molecule has 12 heteroatoms. The molecular weight excluding hydrogens is 447 g/mol. The molecule has 0 N–H and O–H groups in total. The van der Waals surface area contributed by atoms with Gasteiger partial charge in [0.25, 0.3) is 6.10 Å². The molecule has 2 atom stereocenters. The maximum atomic E-state index is 13.5. The van der Waals surface area contributed by atoms with Gasteiger partial charge in [0.15, 0.2) is 0 Å². The van der Waals surface area contributed by atoms with Crippen LogP contribution in [0.25, 0.3) is 5.69 Å². The molecule has 0 spiro atoms. The maximum Gasteiger partial charge on any atom is 0.434 e. The summed E-state index contributed by atoms with van der Waals surface area (Å²) in [5.41, 5.74) is 3.31. The Bertz CT molecular complexity index is 1050. The minimum atomic E-state index is -5.74. The Morgan fingerprint density at radius 2 is 1.69 bits per heavy atom. The van der Waals surface area contributed by atoms with Gasteiger partial charge in [-0.05, 0) is 54.5 Å². The van der Waals surface area contributed by atoms with E-state index < -0.39 is 24.5 Å². The Kier molecular flexibility index (Phi) is 4.51. The molecule has 1 saturated heterocycles. The lowest BCUT2D eigenvalue weighted by atomic mass is 10.0. The van der Waals surface area contributed by atoms with Crippen LogP contribution in [-0.2, 0) is 17.6 Å². The first kappa shape index (κ1) is 21.1. The summed E-state index contributed by atoms with van der Waals surface area (Å²) in [6.07, 6.45) is -15.9. The summed E-state index contributed by atoms with van der Waals surface area (Å²) in [5, 5.41) is 4.61. The van der Waals surface area contributed by atoms with E-state index in [1.165, 1.54) is 12.1 Å². The first-order chi connectivity index (χ1) is 14.9. The lowest BCUT2D eigenvalue weighted by Crippen LogP contribution is -2.48. The second kappa shape index (κ2) is 6.85. The lowest BCUT2D eigenvalue weighted by molar-refractivity contribution is -0.308. The van der Waals surface area contributed by atoms with E-state index in [2.05, 4.69) is 9.84 Å². The highest BCUT2D eigenvalue weighted by Crippen LogP contribution is 2.58.